The third-order valence-corrected chi connectivity index (χ3v) is 8.61. The molecule has 2 aliphatic carbocycles. The van der Waals surface area contributed by atoms with Crippen LogP contribution in [-0.2, 0) is 0 Å². The van der Waals surface area contributed by atoms with Crippen molar-refractivity contribution in [2.45, 2.75) is 125 Å². The molecule has 5 atom stereocenters. The second-order valence-corrected chi connectivity index (χ2v) is 12.2. The maximum absolute atomic E-state index is 15.5. The first-order valence-electron chi connectivity index (χ1n) is 14.3. The molecule has 1 saturated carbocycles. The van der Waals surface area contributed by atoms with E-state index in [1.165, 1.54) is 56.9 Å². The second-order valence-electron chi connectivity index (χ2n) is 12.2. The third kappa shape index (κ3) is 8.32. The topological polar surface area (TPSA) is 0 Å². The maximum Gasteiger partial charge on any atom is 0.125 e. The van der Waals surface area contributed by atoms with Crippen molar-refractivity contribution in [3.05, 3.63) is 23.8 Å². The van der Waals surface area contributed by atoms with Crippen LogP contribution in [0.4, 0.5) is 4.39 Å². The van der Waals surface area contributed by atoms with Gasteiger partial charge in [0, 0.05) is 5.92 Å². The van der Waals surface area contributed by atoms with Gasteiger partial charge in [-0.3, -0.25) is 0 Å². The van der Waals surface area contributed by atoms with Crippen LogP contribution < -0.4 is 0 Å². The summed E-state index contributed by atoms with van der Waals surface area (Å²) in [6.45, 7) is 16.4. The van der Waals surface area contributed by atoms with E-state index in [-0.39, 0.29) is 5.92 Å². The summed E-state index contributed by atoms with van der Waals surface area (Å²) in [7, 11) is 0. The average Bonchev–Trinajstić information content (AvgIpc) is 2.72. The molecule has 2 rings (SSSR count). The van der Waals surface area contributed by atoms with Gasteiger partial charge in [-0.15, -0.1) is 0 Å². The molecule has 0 aromatic heterocycles. The smallest absolute Gasteiger partial charge is 0.125 e. The Hall–Kier alpha value is -0.590. The first-order chi connectivity index (χ1) is 15.3. The van der Waals surface area contributed by atoms with Crippen LogP contribution in [0.1, 0.15) is 119 Å². The Morgan fingerprint density at radius 3 is 2.12 bits per heavy atom. The molecule has 0 nitrogen and oxygen atoms in total. The lowest BCUT2D eigenvalue weighted by Gasteiger charge is -2.42. The molecular weight excluding hydrogens is 391 g/mol. The fourth-order valence-electron chi connectivity index (χ4n) is 7.17. The molecule has 1 fully saturated rings. The molecule has 0 aromatic rings. The molecule has 0 radical (unpaired) electrons. The van der Waals surface area contributed by atoms with E-state index in [1.807, 2.05) is 6.08 Å². The number of halogens is 1. The normalized spacial score (nSPS) is 29.2. The Morgan fingerprint density at radius 1 is 0.938 bits per heavy atom. The van der Waals surface area contributed by atoms with Crippen molar-refractivity contribution in [2.75, 3.05) is 0 Å². The van der Waals surface area contributed by atoms with E-state index in [0.717, 1.165) is 31.1 Å². The van der Waals surface area contributed by atoms with Crippen molar-refractivity contribution in [2.24, 2.45) is 47.3 Å². The van der Waals surface area contributed by atoms with Gasteiger partial charge in [0.25, 0.3) is 0 Å². The van der Waals surface area contributed by atoms with Gasteiger partial charge in [-0.05, 0) is 72.3 Å². The highest BCUT2D eigenvalue weighted by atomic mass is 19.1. The minimum atomic E-state index is -0.812. The second kappa shape index (κ2) is 14.0. The highest BCUT2D eigenvalue weighted by Gasteiger charge is 2.39. The number of unbranched alkanes of at least 4 members (excludes halogenated alkanes) is 1. The van der Waals surface area contributed by atoms with Crippen molar-refractivity contribution in [3.63, 3.8) is 0 Å². The largest absolute Gasteiger partial charge is 0.242 e. The molecule has 0 bridgehead atoms. The fourth-order valence-corrected chi connectivity index (χ4v) is 7.17. The van der Waals surface area contributed by atoms with Crippen LogP contribution in [0.25, 0.3) is 0 Å². The van der Waals surface area contributed by atoms with Crippen molar-refractivity contribution < 1.29 is 4.39 Å². The van der Waals surface area contributed by atoms with E-state index in [0.29, 0.717) is 29.6 Å². The van der Waals surface area contributed by atoms with Crippen LogP contribution in [0.15, 0.2) is 23.8 Å². The number of rotatable bonds is 13. The van der Waals surface area contributed by atoms with E-state index in [4.69, 9.17) is 0 Å². The number of alkyl halides is 1. The van der Waals surface area contributed by atoms with E-state index in [2.05, 4.69) is 60.6 Å². The average molecular weight is 447 g/mol. The SMILES string of the molecule is CCCCC1CCC(CC(C)C(C(C)C)C(CC(C)C)C2C=CC(CCC)=CC2F)CC1. The summed E-state index contributed by atoms with van der Waals surface area (Å²) < 4.78 is 15.5. The summed E-state index contributed by atoms with van der Waals surface area (Å²) in [6, 6.07) is 0. The zero-order valence-electron chi connectivity index (χ0n) is 22.6. The zero-order chi connectivity index (χ0) is 23.7. The predicted molar refractivity (Wildman–Crippen MR) is 141 cm³/mol. The van der Waals surface area contributed by atoms with Crippen molar-refractivity contribution in [3.8, 4) is 0 Å². The standard InChI is InChI=1S/C31H55F/c1-8-10-12-25-13-15-27(16-14-25)20-24(7)31(23(5)6)29(19-22(3)4)28-18-17-26(11-9-2)21-30(28)32/h17-18,21-25,27-31H,8-16,19-20H2,1-7H3. The Balaban J connectivity index is 2.08. The molecule has 0 N–H and O–H groups in total. The van der Waals surface area contributed by atoms with Crippen LogP contribution >= 0.6 is 0 Å². The molecule has 1 heteroatoms. The lowest BCUT2D eigenvalue weighted by molar-refractivity contribution is 0.0727. The quantitative estimate of drug-likeness (QED) is 0.264. The van der Waals surface area contributed by atoms with Gasteiger partial charge in [0.05, 0.1) is 0 Å². The zero-order valence-corrected chi connectivity index (χ0v) is 22.6. The Morgan fingerprint density at radius 2 is 1.59 bits per heavy atom. The van der Waals surface area contributed by atoms with E-state index in [9.17, 15) is 0 Å². The van der Waals surface area contributed by atoms with Crippen molar-refractivity contribution in [1.29, 1.82) is 0 Å². The van der Waals surface area contributed by atoms with Gasteiger partial charge in [0.1, 0.15) is 6.17 Å². The van der Waals surface area contributed by atoms with Gasteiger partial charge in [-0.1, -0.05) is 112 Å². The monoisotopic (exact) mass is 446 g/mol. The van der Waals surface area contributed by atoms with Gasteiger partial charge >= 0.3 is 0 Å². The van der Waals surface area contributed by atoms with Crippen LogP contribution in [0.3, 0.4) is 0 Å². The minimum absolute atomic E-state index is 0.0534. The third-order valence-electron chi connectivity index (χ3n) is 8.61. The van der Waals surface area contributed by atoms with Crippen molar-refractivity contribution >= 4 is 0 Å². The molecule has 5 unspecified atom stereocenters. The van der Waals surface area contributed by atoms with Crippen LogP contribution in [0.5, 0.6) is 0 Å². The Bertz CT molecular complexity index is 563. The molecular formula is C31H55F. The molecule has 0 heterocycles. The van der Waals surface area contributed by atoms with E-state index in [1.54, 1.807) is 0 Å². The highest BCUT2D eigenvalue weighted by Crippen LogP contribution is 2.45. The Kier molecular flexibility index (Phi) is 12.1. The van der Waals surface area contributed by atoms with Gasteiger partial charge < -0.3 is 0 Å². The first-order valence-corrected chi connectivity index (χ1v) is 14.3. The molecule has 186 valence electrons. The van der Waals surface area contributed by atoms with Crippen LogP contribution in [-0.4, -0.2) is 6.17 Å². The number of hydrogen-bond donors (Lipinski definition) is 0. The highest BCUT2D eigenvalue weighted by molar-refractivity contribution is 5.27. The molecule has 0 amide bonds. The van der Waals surface area contributed by atoms with E-state index >= 15 is 4.39 Å². The molecule has 0 saturated heterocycles. The van der Waals surface area contributed by atoms with Crippen molar-refractivity contribution in [1.82, 2.24) is 0 Å². The summed E-state index contributed by atoms with van der Waals surface area (Å²) in [5.74, 6) is 4.87. The molecule has 0 aromatic carbocycles. The predicted octanol–water partition coefficient (Wildman–Crippen LogP) is 10.2. The Labute approximate surface area is 200 Å². The maximum atomic E-state index is 15.5. The van der Waals surface area contributed by atoms with E-state index < -0.39 is 6.17 Å². The summed E-state index contributed by atoms with van der Waals surface area (Å²) in [5, 5.41) is 0. The number of hydrogen-bond acceptors (Lipinski definition) is 0. The summed E-state index contributed by atoms with van der Waals surface area (Å²) in [4.78, 5) is 0. The molecule has 2 aliphatic rings. The van der Waals surface area contributed by atoms with Crippen LogP contribution in [0, 0.1) is 47.3 Å². The van der Waals surface area contributed by atoms with Crippen LogP contribution in [0.2, 0.25) is 0 Å². The summed E-state index contributed by atoms with van der Waals surface area (Å²) in [6.07, 6.45) is 20.2. The first kappa shape index (κ1) is 27.7. The lowest BCUT2D eigenvalue weighted by atomic mass is 9.63. The number of allylic oxidation sites excluding steroid dienone is 4. The molecule has 32 heavy (non-hydrogen) atoms. The minimum Gasteiger partial charge on any atom is -0.242 e. The molecule has 0 spiro atoms. The van der Waals surface area contributed by atoms with Gasteiger partial charge in [0.2, 0.25) is 0 Å². The van der Waals surface area contributed by atoms with Gasteiger partial charge in [0.15, 0.2) is 0 Å². The van der Waals surface area contributed by atoms with Gasteiger partial charge in [-0.25, -0.2) is 4.39 Å². The summed E-state index contributed by atoms with van der Waals surface area (Å²) in [5.41, 5.74) is 1.20. The van der Waals surface area contributed by atoms with Gasteiger partial charge in [-0.2, -0.15) is 0 Å². The lowest BCUT2D eigenvalue weighted by Crippen LogP contribution is -2.37. The molecule has 0 aliphatic heterocycles. The fraction of sp³-hybridized carbons (Fsp3) is 0.871. The summed E-state index contributed by atoms with van der Waals surface area (Å²) >= 11 is 0.